The molecule has 106 valence electrons. The van der Waals surface area contributed by atoms with E-state index in [1.807, 2.05) is 59.1 Å². The molecule has 0 saturated heterocycles. The number of imidazole rings is 1. The number of aromatic nitrogens is 2. The molecule has 1 amide bonds. The third-order valence-electron chi connectivity index (χ3n) is 3.07. The van der Waals surface area contributed by atoms with E-state index in [0.29, 0.717) is 12.4 Å². The fraction of sp³-hybridized carbons (Fsp3) is 0.125. The molecule has 0 radical (unpaired) electrons. The maximum absolute atomic E-state index is 11.8. The summed E-state index contributed by atoms with van der Waals surface area (Å²) in [4.78, 5) is 16.4. The maximum atomic E-state index is 11.8. The van der Waals surface area contributed by atoms with E-state index < -0.39 is 6.09 Å². The molecule has 0 fully saturated rings. The lowest BCUT2D eigenvalue weighted by Crippen LogP contribution is -2.15. The summed E-state index contributed by atoms with van der Waals surface area (Å²) in [6.07, 6.45) is 1.37. The molecule has 0 aliphatic heterocycles. The third kappa shape index (κ3) is 2.58. The van der Waals surface area contributed by atoms with Gasteiger partial charge in [0.05, 0.1) is 6.61 Å². The first kappa shape index (κ1) is 13.2. The Morgan fingerprint density at radius 1 is 1.19 bits per heavy atom. The molecule has 0 atom stereocenters. The highest BCUT2D eigenvalue weighted by Gasteiger charge is 2.16. The number of benzene rings is 1. The Morgan fingerprint density at radius 3 is 2.71 bits per heavy atom. The Labute approximate surface area is 122 Å². The number of carbonyl (C=O) groups is 1. The van der Waals surface area contributed by atoms with Crippen molar-refractivity contribution in [3.63, 3.8) is 0 Å². The molecule has 0 spiro atoms. The molecule has 5 heteroatoms. The normalized spacial score (nSPS) is 10.5. The number of nitrogens with one attached hydrogen (secondary N) is 1. The number of fused-ring (bicyclic) bond motifs is 1. The summed E-state index contributed by atoms with van der Waals surface area (Å²) in [5, 5.41) is 2.77. The number of anilines is 1. The highest BCUT2D eigenvalue weighted by atomic mass is 16.5. The largest absolute Gasteiger partial charge is 0.450 e. The van der Waals surface area contributed by atoms with E-state index in [2.05, 4.69) is 10.3 Å². The molecule has 1 aromatic carbocycles. The van der Waals surface area contributed by atoms with Gasteiger partial charge in [0, 0.05) is 11.8 Å². The van der Waals surface area contributed by atoms with Crippen molar-refractivity contribution < 1.29 is 9.53 Å². The molecular weight excluding hydrogens is 266 g/mol. The van der Waals surface area contributed by atoms with E-state index in [1.165, 1.54) is 0 Å². The number of ether oxygens (including phenoxy) is 1. The Hall–Kier alpha value is -2.82. The van der Waals surface area contributed by atoms with Crippen LogP contribution in [0.1, 0.15) is 6.92 Å². The second kappa shape index (κ2) is 5.66. The number of rotatable bonds is 3. The zero-order chi connectivity index (χ0) is 14.7. The van der Waals surface area contributed by atoms with Gasteiger partial charge in [-0.3, -0.25) is 9.72 Å². The zero-order valence-corrected chi connectivity index (χ0v) is 11.6. The lowest BCUT2D eigenvalue weighted by molar-refractivity contribution is 0.168. The monoisotopic (exact) mass is 281 g/mol. The quantitative estimate of drug-likeness (QED) is 0.798. The van der Waals surface area contributed by atoms with Gasteiger partial charge in [0.15, 0.2) is 0 Å². The average Bonchev–Trinajstić information content (AvgIpc) is 2.87. The highest BCUT2D eigenvalue weighted by Crippen LogP contribution is 2.28. The van der Waals surface area contributed by atoms with Crippen LogP contribution < -0.4 is 5.32 Å². The van der Waals surface area contributed by atoms with Crippen LogP contribution in [0.25, 0.3) is 16.9 Å². The van der Waals surface area contributed by atoms with Crippen LogP contribution in [0.4, 0.5) is 10.6 Å². The topological polar surface area (TPSA) is 55.6 Å². The van der Waals surface area contributed by atoms with Gasteiger partial charge in [-0.05, 0) is 19.1 Å². The average molecular weight is 281 g/mol. The van der Waals surface area contributed by atoms with E-state index in [9.17, 15) is 4.79 Å². The maximum Gasteiger partial charge on any atom is 0.412 e. The van der Waals surface area contributed by atoms with Gasteiger partial charge in [-0.2, -0.15) is 0 Å². The van der Waals surface area contributed by atoms with Crippen molar-refractivity contribution in [1.29, 1.82) is 0 Å². The molecule has 3 rings (SSSR count). The fourth-order valence-corrected chi connectivity index (χ4v) is 2.18. The first-order chi connectivity index (χ1) is 10.3. The minimum Gasteiger partial charge on any atom is -0.450 e. The van der Waals surface area contributed by atoms with Crippen molar-refractivity contribution in [2.45, 2.75) is 6.92 Å². The van der Waals surface area contributed by atoms with Crippen LogP contribution in [0.3, 0.4) is 0 Å². The van der Waals surface area contributed by atoms with Crippen LogP contribution in [0.15, 0.2) is 54.7 Å². The second-order valence-electron chi connectivity index (χ2n) is 4.45. The van der Waals surface area contributed by atoms with E-state index in [-0.39, 0.29) is 0 Å². The molecule has 2 heterocycles. The third-order valence-corrected chi connectivity index (χ3v) is 3.07. The van der Waals surface area contributed by atoms with Crippen molar-refractivity contribution in [2.75, 3.05) is 11.9 Å². The lowest BCUT2D eigenvalue weighted by atomic mass is 10.1. The molecule has 1 N–H and O–H groups in total. The van der Waals surface area contributed by atoms with Gasteiger partial charge in [-0.25, -0.2) is 9.78 Å². The number of carbonyl (C=O) groups excluding carboxylic acids is 1. The molecule has 0 saturated carbocycles. The predicted octanol–water partition coefficient (Wildman–Crippen LogP) is 3.57. The summed E-state index contributed by atoms with van der Waals surface area (Å²) in [5.74, 6) is 0.607. The van der Waals surface area contributed by atoms with Crippen molar-refractivity contribution in [2.24, 2.45) is 0 Å². The summed E-state index contributed by atoms with van der Waals surface area (Å²) in [5.41, 5.74) is 2.42. The van der Waals surface area contributed by atoms with E-state index >= 15 is 0 Å². The molecular formula is C16H15N3O2. The predicted molar refractivity (Wildman–Crippen MR) is 81.3 cm³/mol. The van der Waals surface area contributed by atoms with Gasteiger partial charge in [0.1, 0.15) is 17.2 Å². The van der Waals surface area contributed by atoms with E-state index in [0.717, 1.165) is 16.9 Å². The molecule has 5 nitrogen and oxygen atoms in total. The zero-order valence-electron chi connectivity index (χ0n) is 11.6. The van der Waals surface area contributed by atoms with E-state index in [1.54, 1.807) is 6.92 Å². The first-order valence-corrected chi connectivity index (χ1v) is 6.76. The number of pyridine rings is 1. The van der Waals surface area contributed by atoms with Gasteiger partial charge in [-0.15, -0.1) is 0 Å². The van der Waals surface area contributed by atoms with Crippen molar-refractivity contribution in [1.82, 2.24) is 9.38 Å². The van der Waals surface area contributed by atoms with Crippen LogP contribution in [-0.2, 0) is 4.74 Å². The number of hydrogen-bond donors (Lipinski definition) is 1. The minimum atomic E-state index is -0.486. The summed E-state index contributed by atoms with van der Waals surface area (Å²) < 4.78 is 6.80. The Balaban J connectivity index is 2.12. The molecule has 3 aromatic rings. The molecule has 0 bridgehead atoms. The van der Waals surface area contributed by atoms with Gasteiger partial charge >= 0.3 is 6.09 Å². The number of amides is 1. The standard InChI is InChI=1S/C16H15N3O2/c1-2-21-16(20)18-15-14(12-8-4-3-5-9-12)17-13-10-6-7-11-19(13)15/h3-11H,2H2,1H3,(H,18,20). The summed E-state index contributed by atoms with van der Waals surface area (Å²) in [7, 11) is 0. The molecule has 0 unspecified atom stereocenters. The first-order valence-electron chi connectivity index (χ1n) is 6.76. The lowest BCUT2D eigenvalue weighted by Gasteiger charge is -2.07. The van der Waals surface area contributed by atoms with Gasteiger partial charge in [-0.1, -0.05) is 36.4 Å². The molecule has 2 aromatic heterocycles. The van der Waals surface area contributed by atoms with E-state index in [4.69, 9.17) is 4.74 Å². The van der Waals surface area contributed by atoms with Crippen LogP contribution in [-0.4, -0.2) is 22.1 Å². The second-order valence-corrected chi connectivity index (χ2v) is 4.45. The Kier molecular flexibility index (Phi) is 3.55. The molecule has 21 heavy (non-hydrogen) atoms. The Bertz CT molecular complexity index is 766. The summed E-state index contributed by atoms with van der Waals surface area (Å²) in [6.45, 7) is 2.09. The summed E-state index contributed by atoms with van der Waals surface area (Å²) in [6, 6.07) is 15.4. The van der Waals surface area contributed by atoms with Crippen LogP contribution in [0.2, 0.25) is 0 Å². The SMILES string of the molecule is CCOC(=O)Nc1c(-c2ccccc2)nc2ccccn12. The fourth-order valence-electron chi connectivity index (χ4n) is 2.18. The van der Waals surface area contributed by atoms with Crippen molar-refractivity contribution in [3.8, 4) is 11.3 Å². The van der Waals surface area contributed by atoms with Crippen molar-refractivity contribution in [3.05, 3.63) is 54.7 Å². The summed E-state index contributed by atoms with van der Waals surface area (Å²) >= 11 is 0. The smallest absolute Gasteiger partial charge is 0.412 e. The molecule has 0 aliphatic rings. The van der Waals surface area contributed by atoms with Gasteiger partial charge in [0.25, 0.3) is 0 Å². The van der Waals surface area contributed by atoms with Crippen LogP contribution in [0, 0.1) is 0 Å². The van der Waals surface area contributed by atoms with Gasteiger partial charge in [0.2, 0.25) is 0 Å². The van der Waals surface area contributed by atoms with Crippen LogP contribution in [0.5, 0.6) is 0 Å². The van der Waals surface area contributed by atoms with Crippen LogP contribution >= 0.6 is 0 Å². The number of nitrogens with zero attached hydrogens (tertiary/aromatic N) is 2. The minimum absolute atomic E-state index is 0.323. The number of hydrogen-bond acceptors (Lipinski definition) is 3. The highest BCUT2D eigenvalue weighted by molar-refractivity contribution is 5.90. The molecule has 0 aliphatic carbocycles. The Morgan fingerprint density at radius 2 is 1.95 bits per heavy atom. The van der Waals surface area contributed by atoms with Gasteiger partial charge < -0.3 is 4.74 Å². The van der Waals surface area contributed by atoms with Crippen molar-refractivity contribution >= 4 is 17.6 Å².